The van der Waals surface area contributed by atoms with Crippen LogP contribution in [0.15, 0.2) is 36.5 Å². The Bertz CT molecular complexity index is 420. The highest BCUT2D eigenvalue weighted by atomic mass is 19.1. The second-order valence-corrected chi connectivity index (χ2v) is 2.78. The Morgan fingerprint density at radius 2 is 2.00 bits per heavy atom. The summed E-state index contributed by atoms with van der Waals surface area (Å²) in [5.74, 6) is -1.34. The van der Waals surface area contributed by atoms with Gasteiger partial charge in [0.2, 0.25) is 0 Å². The maximum absolute atomic E-state index is 12.8. The first-order valence-corrected chi connectivity index (χ1v) is 4.05. The molecule has 70 valence electrons. The van der Waals surface area contributed by atoms with Gasteiger partial charge in [0, 0.05) is 17.8 Å². The Balaban J connectivity index is 2.52. The van der Waals surface area contributed by atoms with Gasteiger partial charge in [0.25, 0.3) is 0 Å². The van der Waals surface area contributed by atoms with E-state index in [9.17, 15) is 8.78 Å². The molecule has 0 aliphatic carbocycles. The summed E-state index contributed by atoms with van der Waals surface area (Å²) < 4.78 is 25.6. The topological polar surface area (TPSA) is 12.9 Å². The average molecular weight is 190 g/mol. The lowest BCUT2D eigenvalue weighted by atomic mass is 10.1. The number of aromatic nitrogens is 1. The van der Waals surface area contributed by atoms with Gasteiger partial charge in [-0.3, -0.25) is 0 Å². The van der Waals surface area contributed by atoms with Crippen molar-refractivity contribution in [1.29, 1.82) is 0 Å². The summed E-state index contributed by atoms with van der Waals surface area (Å²) in [7, 11) is 0. The molecule has 0 saturated heterocycles. The summed E-state index contributed by atoms with van der Waals surface area (Å²) in [6.45, 7) is 0. The zero-order valence-corrected chi connectivity index (χ0v) is 7.17. The molecule has 0 amide bonds. The van der Waals surface area contributed by atoms with Crippen molar-refractivity contribution in [2.45, 2.75) is 0 Å². The van der Waals surface area contributed by atoms with E-state index in [1.807, 2.05) is 0 Å². The summed E-state index contributed by atoms with van der Waals surface area (Å²) in [4.78, 5) is 3.97. The molecule has 0 radical (unpaired) electrons. The Hall–Kier alpha value is -1.77. The predicted octanol–water partition coefficient (Wildman–Crippen LogP) is 2.83. The van der Waals surface area contributed by atoms with Gasteiger partial charge in [0.1, 0.15) is 0 Å². The van der Waals surface area contributed by atoms with Gasteiger partial charge < -0.3 is 4.98 Å². The minimum Gasteiger partial charge on any atom is -0.305 e. The Morgan fingerprint density at radius 1 is 1.14 bits per heavy atom. The normalized spacial score (nSPS) is 10.1. The third kappa shape index (κ3) is 1.76. The van der Waals surface area contributed by atoms with Crippen LogP contribution < -0.4 is 0 Å². The second-order valence-electron chi connectivity index (χ2n) is 2.78. The summed E-state index contributed by atoms with van der Waals surface area (Å²) in [5.41, 5.74) is 0.828. The van der Waals surface area contributed by atoms with Crippen molar-refractivity contribution in [2.75, 3.05) is 0 Å². The van der Waals surface area contributed by atoms with E-state index < -0.39 is 11.6 Å². The fourth-order valence-electron chi connectivity index (χ4n) is 1.16. The van der Waals surface area contributed by atoms with Gasteiger partial charge in [-0.2, -0.15) is 0 Å². The van der Waals surface area contributed by atoms with E-state index in [-0.39, 0.29) is 0 Å². The van der Waals surface area contributed by atoms with Crippen molar-refractivity contribution in [3.05, 3.63) is 54.2 Å². The van der Waals surface area contributed by atoms with Gasteiger partial charge in [-0.1, -0.05) is 18.2 Å². The standard InChI is InChI=1S/C11H6F2N/c12-9-5-8(6-10(13)7-9)11-3-1-2-4-14-11/h1-5,7H/q-1. The minimum absolute atomic E-state index is 0.322. The molecule has 0 aliphatic rings. The first kappa shape index (κ1) is 8.81. The predicted molar refractivity (Wildman–Crippen MR) is 48.4 cm³/mol. The number of pyridine rings is 1. The summed E-state index contributed by atoms with van der Waals surface area (Å²) in [6, 6.07) is 9.53. The van der Waals surface area contributed by atoms with E-state index in [0.29, 0.717) is 11.3 Å². The molecule has 0 N–H and O–H groups in total. The third-order valence-electron chi connectivity index (χ3n) is 1.74. The first-order chi connectivity index (χ1) is 6.75. The van der Waals surface area contributed by atoms with Crippen LogP contribution in [0.25, 0.3) is 11.3 Å². The Morgan fingerprint density at radius 3 is 2.64 bits per heavy atom. The van der Waals surface area contributed by atoms with Gasteiger partial charge in [0.05, 0.1) is 0 Å². The lowest BCUT2D eigenvalue weighted by molar-refractivity contribution is 0.582. The van der Waals surface area contributed by atoms with Gasteiger partial charge in [0.15, 0.2) is 0 Å². The van der Waals surface area contributed by atoms with E-state index in [0.717, 1.165) is 6.07 Å². The highest BCUT2D eigenvalue weighted by molar-refractivity contribution is 5.57. The van der Waals surface area contributed by atoms with Crippen LogP contribution in [0.1, 0.15) is 0 Å². The van der Waals surface area contributed by atoms with Crippen LogP contribution >= 0.6 is 0 Å². The second kappa shape index (κ2) is 3.54. The summed E-state index contributed by atoms with van der Waals surface area (Å²) in [5, 5.41) is 0. The molecule has 0 aliphatic heterocycles. The Labute approximate surface area is 80.0 Å². The fraction of sp³-hybridized carbons (Fsp3) is 0. The van der Waals surface area contributed by atoms with Crippen LogP contribution in [0.3, 0.4) is 0 Å². The lowest BCUT2D eigenvalue weighted by Gasteiger charge is -2.08. The highest BCUT2D eigenvalue weighted by Crippen LogP contribution is 2.17. The monoisotopic (exact) mass is 190 g/mol. The van der Waals surface area contributed by atoms with Crippen molar-refractivity contribution in [3.63, 3.8) is 0 Å². The number of nitrogens with zero attached hydrogens (tertiary/aromatic N) is 1. The molecular formula is C11H6F2N-. The molecule has 0 fully saturated rings. The molecular weight excluding hydrogens is 184 g/mol. The maximum Gasteiger partial charge on any atom is 0.0446 e. The molecule has 0 saturated carbocycles. The quantitative estimate of drug-likeness (QED) is 0.630. The van der Waals surface area contributed by atoms with Gasteiger partial charge in [-0.05, 0) is 11.8 Å². The van der Waals surface area contributed by atoms with Crippen molar-refractivity contribution < 1.29 is 8.78 Å². The Kier molecular flexibility index (Phi) is 2.23. The molecule has 0 unspecified atom stereocenters. The largest absolute Gasteiger partial charge is 0.305 e. The van der Waals surface area contributed by atoms with Gasteiger partial charge in [-0.15, -0.1) is 17.7 Å². The highest BCUT2D eigenvalue weighted by Gasteiger charge is 1.94. The van der Waals surface area contributed by atoms with Crippen LogP contribution in [0, 0.1) is 17.7 Å². The van der Waals surface area contributed by atoms with Crippen LogP contribution in [0.2, 0.25) is 0 Å². The molecule has 2 rings (SSSR count). The smallest absolute Gasteiger partial charge is 0.0446 e. The zero-order valence-electron chi connectivity index (χ0n) is 7.17. The maximum atomic E-state index is 12.8. The number of rotatable bonds is 1. The van der Waals surface area contributed by atoms with Crippen LogP contribution in [0.5, 0.6) is 0 Å². The molecule has 1 aromatic heterocycles. The third-order valence-corrected chi connectivity index (χ3v) is 1.74. The van der Waals surface area contributed by atoms with E-state index in [4.69, 9.17) is 0 Å². The van der Waals surface area contributed by atoms with E-state index in [2.05, 4.69) is 11.1 Å². The number of hydrogen-bond donors (Lipinski definition) is 0. The summed E-state index contributed by atoms with van der Waals surface area (Å²) in [6.07, 6.45) is 1.56. The van der Waals surface area contributed by atoms with Crippen molar-refractivity contribution in [3.8, 4) is 11.3 Å². The van der Waals surface area contributed by atoms with Crippen LogP contribution in [0.4, 0.5) is 8.78 Å². The number of benzene rings is 1. The molecule has 2 aromatic rings. The SMILES string of the molecule is Fc1[c-]c(-c2ccccn2)cc(F)c1. The zero-order chi connectivity index (χ0) is 9.97. The lowest BCUT2D eigenvalue weighted by Crippen LogP contribution is -1.86. The molecule has 1 nitrogen and oxygen atoms in total. The average Bonchev–Trinajstić information content (AvgIpc) is 2.18. The number of halogens is 2. The minimum atomic E-state index is -0.717. The van der Waals surface area contributed by atoms with E-state index in [1.54, 1.807) is 24.4 Å². The number of hydrogen-bond acceptors (Lipinski definition) is 1. The van der Waals surface area contributed by atoms with Crippen LogP contribution in [-0.2, 0) is 0 Å². The van der Waals surface area contributed by atoms with Crippen molar-refractivity contribution in [1.82, 2.24) is 4.98 Å². The fourth-order valence-corrected chi connectivity index (χ4v) is 1.16. The first-order valence-electron chi connectivity index (χ1n) is 4.05. The molecule has 0 spiro atoms. The molecule has 3 heteroatoms. The molecule has 0 bridgehead atoms. The van der Waals surface area contributed by atoms with Crippen molar-refractivity contribution in [2.24, 2.45) is 0 Å². The molecule has 14 heavy (non-hydrogen) atoms. The molecule has 1 heterocycles. The van der Waals surface area contributed by atoms with Crippen LogP contribution in [-0.4, -0.2) is 4.98 Å². The molecule has 1 aromatic carbocycles. The van der Waals surface area contributed by atoms with E-state index >= 15 is 0 Å². The van der Waals surface area contributed by atoms with E-state index in [1.165, 1.54) is 6.07 Å². The summed E-state index contributed by atoms with van der Waals surface area (Å²) >= 11 is 0. The van der Waals surface area contributed by atoms with Gasteiger partial charge >= 0.3 is 0 Å². The van der Waals surface area contributed by atoms with Crippen molar-refractivity contribution >= 4 is 0 Å². The molecule has 0 atom stereocenters. The van der Waals surface area contributed by atoms with Gasteiger partial charge in [-0.25, -0.2) is 8.78 Å².